The van der Waals surface area contributed by atoms with Crippen molar-refractivity contribution < 1.29 is 19.2 Å². The van der Waals surface area contributed by atoms with Crippen LogP contribution in [0.3, 0.4) is 0 Å². The summed E-state index contributed by atoms with van der Waals surface area (Å²) in [4.78, 5) is 10.7. The summed E-state index contributed by atoms with van der Waals surface area (Å²) in [7, 11) is 2.87. The molecule has 0 saturated carbocycles. The van der Waals surface area contributed by atoms with E-state index in [1.807, 2.05) is 39.6 Å². The third-order valence-corrected chi connectivity index (χ3v) is 4.46. The molecule has 7 nitrogen and oxygen atoms in total. The number of anilines is 1. The minimum atomic E-state index is -0.563. The third kappa shape index (κ3) is 3.59. The molecule has 0 radical (unpaired) electrons. The van der Waals surface area contributed by atoms with Gasteiger partial charge in [0.2, 0.25) is 11.8 Å². The van der Waals surface area contributed by atoms with Crippen molar-refractivity contribution in [1.82, 2.24) is 9.97 Å². The average Bonchev–Trinajstić information content (AvgIpc) is 2.72. The Morgan fingerprint density at radius 2 is 1.87 bits per heavy atom. The van der Waals surface area contributed by atoms with Gasteiger partial charge in [-0.25, -0.2) is 4.98 Å². The number of methoxy groups -OCH3 is 1. The van der Waals surface area contributed by atoms with Crippen LogP contribution < -0.4 is 15.1 Å². The minimum Gasteiger partial charge on any atom is -0.481 e. The first-order chi connectivity index (χ1) is 10.7. The molecule has 1 aliphatic rings. The van der Waals surface area contributed by atoms with Crippen LogP contribution >= 0.6 is 0 Å². The van der Waals surface area contributed by atoms with Crippen molar-refractivity contribution in [1.29, 1.82) is 0 Å². The molecule has 8 heteroatoms. The van der Waals surface area contributed by atoms with Crippen LogP contribution in [0.1, 0.15) is 34.1 Å². The molecule has 0 atom stereocenters. The lowest BCUT2D eigenvalue weighted by atomic mass is 9.81. The second-order valence-electron chi connectivity index (χ2n) is 6.72. The fourth-order valence-corrected chi connectivity index (χ4v) is 2.25. The number of hydrogen-bond acceptors (Lipinski definition) is 7. The molecule has 1 fully saturated rings. The quantitative estimate of drug-likeness (QED) is 0.768. The van der Waals surface area contributed by atoms with Gasteiger partial charge in [-0.05, 0) is 34.1 Å². The van der Waals surface area contributed by atoms with Crippen molar-refractivity contribution in [3.8, 4) is 5.88 Å². The van der Waals surface area contributed by atoms with Gasteiger partial charge in [-0.15, -0.1) is 0 Å². The molecule has 128 valence electrons. The van der Waals surface area contributed by atoms with Crippen molar-refractivity contribution in [2.75, 3.05) is 32.2 Å². The van der Waals surface area contributed by atoms with Gasteiger partial charge in [-0.2, -0.15) is 4.98 Å². The van der Waals surface area contributed by atoms with Gasteiger partial charge in [0.1, 0.15) is 0 Å². The summed E-state index contributed by atoms with van der Waals surface area (Å²) in [6, 6.07) is 0. The predicted molar refractivity (Wildman–Crippen MR) is 89.3 cm³/mol. The molecule has 1 aliphatic heterocycles. The van der Waals surface area contributed by atoms with Crippen molar-refractivity contribution in [3.63, 3.8) is 0 Å². The van der Waals surface area contributed by atoms with Crippen LogP contribution in [0, 0.1) is 0 Å². The molecule has 0 amide bonds. The first-order valence-corrected chi connectivity index (χ1v) is 7.80. The number of hydrogen-bond donors (Lipinski definition) is 1. The summed E-state index contributed by atoms with van der Waals surface area (Å²) in [5, 5.41) is 8.92. The van der Waals surface area contributed by atoms with Gasteiger partial charge in [0.15, 0.2) is 0 Å². The number of nitrogens with zero attached hydrogens (tertiary/aromatic N) is 3. The van der Waals surface area contributed by atoms with Crippen molar-refractivity contribution in [2.45, 2.75) is 45.3 Å². The normalized spacial score (nSPS) is 19.0. The van der Waals surface area contributed by atoms with E-state index in [-0.39, 0.29) is 6.61 Å². The van der Waals surface area contributed by atoms with E-state index in [0.29, 0.717) is 30.3 Å². The highest BCUT2D eigenvalue weighted by molar-refractivity contribution is 6.63. The SMILES string of the molecule is COc1nc(N(C)CCCO)ncc1B1OC(C)(C)C(C)(C)O1. The summed E-state index contributed by atoms with van der Waals surface area (Å²) in [5.41, 5.74) is -0.191. The van der Waals surface area contributed by atoms with Crippen LogP contribution in [-0.4, -0.2) is 60.7 Å². The molecule has 0 aliphatic carbocycles. The molecule has 1 saturated heterocycles. The highest BCUT2D eigenvalue weighted by Crippen LogP contribution is 2.37. The summed E-state index contributed by atoms with van der Waals surface area (Å²) in [5.74, 6) is 0.972. The Morgan fingerprint density at radius 3 is 2.39 bits per heavy atom. The Morgan fingerprint density at radius 1 is 1.26 bits per heavy atom. The Labute approximate surface area is 138 Å². The Balaban J connectivity index is 2.24. The molecule has 1 aromatic heterocycles. The maximum atomic E-state index is 8.92. The Hall–Kier alpha value is -1.38. The second kappa shape index (κ2) is 6.63. The molecule has 2 rings (SSSR count). The number of aliphatic hydroxyl groups is 1. The van der Waals surface area contributed by atoms with Gasteiger partial charge in [0, 0.05) is 26.4 Å². The Bertz CT molecular complexity index is 538. The van der Waals surface area contributed by atoms with Gasteiger partial charge < -0.3 is 24.1 Å². The highest BCUT2D eigenvalue weighted by atomic mass is 16.7. The first kappa shape index (κ1) is 18.0. The van der Waals surface area contributed by atoms with Gasteiger partial charge in [-0.1, -0.05) is 0 Å². The first-order valence-electron chi connectivity index (χ1n) is 7.80. The number of aromatic nitrogens is 2. The zero-order valence-corrected chi connectivity index (χ0v) is 14.8. The van der Waals surface area contributed by atoms with Crippen LogP contribution in [0.4, 0.5) is 5.95 Å². The van der Waals surface area contributed by atoms with Crippen molar-refractivity contribution in [3.05, 3.63) is 6.20 Å². The fourth-order valence-electron chi connectivity index (χ4n) is 2.25. The monoisotopic (exact) mass is 323 g/mol. The lowest BCUT2D eigenvalue weighted by molar-refractivity contribution is 0.00578. The summed E-state index contributed by atoms with van der Waals surface area (Å²) in [6.45, 7) is 8.78. The third-order valence-electron chi connectivity index (χ3n) is 4.46. The van der Waals surface area contributed by atoms with Crippen molar-refractivity contribution >= 4 is 18.5 Å². The van der Waals surface area contributed by atoms with E-state index in [1.54, 1.807) is 13.3 Å². The van der Waals surface area contributed by atoms with Gasteiger partial charge in [0.05, 0.1) is 23.8 Å². The van der Waals surface area contributed by atoms with E-state index >= 15 is 0 Å². The molecule has 0 spiro atoms. The zero-order chi connectivity index (χ0) is 17.3. The number of aliphatic hydroxyl groups excluding tert-OH is 1. The topological polar surface area (TPSA) is 76.9 Å². The standard InChI is InChI=1S/C15H26BN3O4/c1-14(2)15(3,4)23-16(22-14)11-10-17-13(18-12(11)21-6)19(5)8-7-9-20/h10,20H,7-9H2,1-6H3. The summed E-state index contributed by atoms with van der Waals surface area (Å²) >= 11 is 0. The van der Waals surface area contributed by atoms with Gasteiger partial charge in [-0.3, -0.25) is 0 Å². The molecule has 0 bridgehead atoms. The summed E-state index contributed by atoms with van der Waals surface area (Å²) < 4.78 is 17.5. The largest absolute Gasteiger partial charge is 0.502 e. The number of ether oxygens (including phenoxy) is 1. The Kier molecular flexibility index (Phi) is 5.18. The maximum absolute atomic E-state index is 8.92. The van der Waals surface area contributed by atoms with Crippen molar-refractivity contribution in [2.24, 2.45) is 0 Å². The molecule has 0 aromatic carbocycles. The van der Waals surface area contributed by atoms with E-state index in [0.717, 1.165) is 0 Å². The average molecular weight is 323 g/mol. The fraction of sp³-hybridized carbons (Fsp3) is 0.733. The van der Waals surface area contributed by atoms with Crippen LogP contribution in [-0.2, 0) is 9.31 Å². The maximum Gasteiger partial charge on any atom is 0.502 e. The van der Waals surface area contributed by atoms with Crippen LogP contribution in [0.15, 0.2) is 6.20 Å². The van der Waals surface area contributed by atoms with E-state index in [1.165, 1.54) is 0 Å². The predicted octanol–water partition coefficient (Wildman–Crippen LogP) is 0.603. The molecule has 2 heterocycles. The lowest BCUT2D eigenvalue weighted by Crippen LogP contribution is -2.41. The second-order valence-corrected chi connectivity index (χ2v) is 6.72. The van der Waals surface area contributed by atoms with E-state index in [4.69, 9.17) is 19.2 Å². The van der Waals surface area contributed by atoms with Crippen LogP contribution in [0.25, 0.3) is 0 Å². The smallest absolute Gasteiger partial charge is 0.481 e. The van der Waals surface area contributed by atoms with Crippen LogP contribution in [0.2, 0.25) is 0 Å². The summed E-state index contributed by atoms with van der Waals surface area (Å²) in [6.07, 6.45) is 2.33. The lowest BCUT2D eigenvalue weighted by Gasteiger charge is -2.32. The molecular formula is C15H26BN3O4. The van der Waals surface area contributed by atoms with Crippen LogP contribution in [0.5, 0.6) is 5.88 Å². The molecule has 1 N–H and O–H groups in total. The molecular weight excluding hydrogens is 297 g/mol. The molecule has 23 heavy (non-hydrogen) atoms. The van der Waals surface area contributed by atoms with E-state index < -0.39 is 18.3 Å². The number of rotatable bonds is 6. The minimum absolute atomic E-state index is 0.132. The van der Waals surface area contributed by atoms with Gasteiger partial charge in [0.25, 0.3) is 0 Å². The van der Waals surface area contributed by atoms with E-state index in [9.17, 15) is 0 Å². The van der Waals surface area contributed by atoms with Gasteiger partial charge >= 0.3 is 7.12 Å². The molecule has 0 unspecified atom stereocenters. The van der Waals surface area contributed by atoms with E-state index in [2.05, 4.69) is 9.97 Å². The highest BCUT2D eigenvalue weighted by Gasteiger charge is 2.52. The zero-order valence-electron chi connectivity index (χ0n) is 14.8. The molecule has 1 aromatic rings.